The van der Waals surface area contributed by atoms with Gasteiger partial charge in [0.05, 0.1) is 0 Å². The van der Waals surface area contributed by atoms with Crippen molar-refractivity contribution in [2.45, 2.75) is 37.6 Å². The van der Waals surface area contributed by atoms with Crippen LogP contribution < -0.4 is 16.0 Å². The van der Waals surface area contributed by atoms with E-state index < -0.39 is 9.84 Å². The molecule has 0 bridgehead atoms. The molecule has 1 fully saturated rings. The maximum Gasteiger partial charge on any atom is 0.182 e. The van der Waals surface area contributed by atoms with Crippen molar-refractivity contribution in [3.05, 3.63) is 0 Å². The number of aryl methyl sites for hydroxylation is 1. The molecule has 8 heteroatoms. The van der Waals surface area contributed by atoms with Gasteiger partial charge in [-0.2, -0.15) is 5.10 Å². The molecule has 2 heterocycles. The van der Waals surface area contributed by atoms with Crippen LogP contribution >= 0.6 is 0 Å². The SMILES string of the molecule is CCCCn1nc(N2CCCNCC2)c(S(C)(=O)=O)c1N. The van der Waals surface area contributed by atoms with Gasteiger partial charge in [-0.15, -0.1) is 0 Å². The van der Waals surface area contributed by atoms with Crippen LogP contribution in [0, 0.1) is 0 Å². The van der Waals surface area contributed by atoms with Gasteiger partial charge in [0.25, 0.3) is 0 Å². The molecule has 7 nitrogen and oxygen atoms in total. The lowest BCUT2D eigenvalue weighted by molar-refractivity contribution is 0.575. The zero-order chi connectivity index (χ0) is 15.5. The molecule has 1 aromatic rings. The first kappa shape index (κ1) is 16.1. The van der Waals surface area contributed by atoms with Crippen LogP contribution in [-0.2, 0) is 16.4 Å². The fourth-order valence-corrected chi connectivity index (χ4v) is 3.53. The molecule has 1 aliphatic heterocycles. The van der Waals surface area contributed by atoms with Crippen LogP contribution in [0.15, 0.2) is 4.90 Å². The summed E-state index contributed by atoms with van der Waals surface area (Å²) in [6.45, 7) is 6.03. The molecule has 0 amide bonds. The Balaban J connectivity index is 2.42. The summed E-state index contributed by atoms with van der Waals surface area (Å²) in [4.78, 5) is 2.20. The lowest BCUT2D eigenvalue weighted by Gasteiger charge is -2.20. The van der Waals surface area contributed by atoms with Crippen LogP contribution in [0.1, 0.15) is 26.2 Å². The van der Waals surface area contributed by atoms with Crippen molar-refractivity contribution in [2.75, 3.05) is 43.1 Å². The summed E-state index contributed by atoms with van der Waals surface area (Å²) in [6.07, 6.45) is 4.10. The minimum absolute atomic E-state index is 0.181. The van der Waals surface area contributed by atoms with E-state index in [4.69, 9.17) is 5.73 Å². The molecule has 0 saturated carbocycles. The molecule has 0 spiro atoms. The van der Waals surface area contributed by atoms with E-state index in [0.29, 0.717) is 12.4 Å². The zero-order valence-corrected chi connectivity index (χ0v) is 13.6. The van der Waals surface area contributed by atoms with Gasteiger partial charge in [-0.05, 0) is 19.4 Å². The molecule has 0 aliphatic carbocycles. The minimum Gasteiger partial charge on any atom is -0.383 e. The number of hydrogen-bond donors (Lipinski definition) is 2. The van der Waals surface area contributed by atoms with Crippen molar-refractivity contribution in [1.82, 2.24) is 15.1 Å². The smallest absolute Gasteiger partial charge is 0.182 e. The number of nitrogens with two attached hydrogens (primary N) is 1. The Morgan fingerprint density at radius 2 is 2.10 bits per heavy atom. The van der Waals surface area contributed by atoms with Crippen molar-refractivity contribution in [2.24, 2.45) is 0 Å². The largest absolute Gasteiger partial charge is 0.383 e. The van der Waals surface area contributed by atoms with E-state index in [9.17, 15) is 8.42 Å². The van der Waals surface area contributed by atoms with E-state index >= 15 is 0 Å². The average molecular weight is 315 g/mol. The summed E-state index contributed by atoms with van der Waals surface area (Å²) >= 11 is 0. The number of aromatic nitrogens is 2. The Labute approximate surface area is 126 Å². The first-order valence-corrected chi connectivity index (χ1v) is 9.36. The van der Waals surface area contributed by atoms with Crippen molar-refractivity contribution in [3.63, 3.8) is 0 Å². The number of nitrogens with zero attached hydrogens (tertiary/aromatic N) is 3. The molecule has 2 rings (SSSR count). The highest BCUT2D eigenvalue weighted by Crippen LogP contribution is 2.30. The summed E-state index contributed by atoms with van der Waals surface area (Å²) in [7, 11) is -3.40. The Morgan fingerprint density at radius 3 is 2.76 bits per heavy atom. The molecule has 3 N–H and O–H groups in total. The quantitative estimate of drug-likeness (QED) is 0.820. The number of unbranched alkanes of at least 4 members (excludes halogenated alkanes) is 1. The third-order valence-corrected chi connectivity index (χ3v) is 4.80. The van der Waals surface area contributed by atoms with E-state index in [2.05, 4.69) is 17.3 Å². The first-order chi connectivity index (χ1) is 9.95. The van der Waals surface area contributed by atoms with Crippen molar-refractivity contribution < 1.29 is 8.42 Å². The molecule has 0 radical (unpaired) electrons. The summed E-state index contributed by atoms with van der Waals surface area (Å²) < 4.78 is 25.9. The molecule has 1 aromatic heterocycles. The molecule has 120 valence electrons. The molecule has 0 aromatic carbocycles. The summed E-state index contributed by atoms with van der Waals surface area (Å²) in [6, 6.07) is 0. The van der Waals surface area contributed by atoms with Gasteiger partial charge in [-0.1, -0.05) is 13.3 Å². The lowest BCUT2D eigenvalue weighted by Crippen LogP contribution is -2.29. The average Bonchev–Trinajstić information content (AvgIpc) is 2.62. The number of nitrogens with one attached hydrogen (secondary N) is 1. The Hall–Kier alpha value is -1.28. The third-order valence-electron chi connectivity index (χ3n) is 3.66. The molecule has 1 saturated heterocycles. The maximum absolute atomic E-state index is 12.1. The fraction of sp³-hybridized carbons (Fsp3) is 0.769. The zero-order valence-electron chi connectivity index (χ0n) is 12.8. The molecule has 0 atom stereocenters. The first-order valence-electron chi connectivity index (χ1n) is 7.47. The van der Waals surface area contributed by atoms with Crippen LogP contribution in [0.3, 0.4) is 0 Å². The number of anilines is 2. The van der Waals surface area contributed by atoms with E-state index in [0.717, 1.165) is 45.4 Å². The van der Waals surface area contributed by atoms with Crippen LogP contribution in [0.4, 0.5) is 11.6 Å². The van der Waals surface area contributed by atoms with Crippen LogP contribution in [0.2, 0.25) is 0 Å². The highest BCUT2D eigenvalue weighted by atomic mass is 32.2. The molecular weight excluding hydrogens is 290 g/mol. The minimum atomic E-state index is -3.40. The van der Waals surface area contributed by atoms with Gasteiger partial charge in [0, 0.05) is 32.4 Å². The summed E-state index contributed by atoms with van der Waals surface area (Å²) in [5.41, 5.74) is 6.06. The van der Waals surface area contributed by atoms with E-state index in [1.165, 1.54) is 6.26 Å². The second-order valence-corrected chi connectivity index (χ2v) is 7.43. The van der Waals surface area contributed by atoms with Gasteiger partial charge in [0.15, 0.2) is 20.6 Å². The number of hydrogen-bond acceptors (Lipinski definition) is 6. The van der Waals surface area contributed by atoms with Gasteiger partial charge >= 0.3 is 0 Å². The van der Waals surface area contributed by atoms with Crippen molar-refractivity contribution >= 4 is 21.5 Å². The Bertz CT molecular complexity index is 574. The number of nitrogen functional groups attached to an aromatic ring is 1. The second-order valence-electron chi connectivity index (χ2n) is 5.48. The lowest BCUT2D eigenvalue weighted by atomic mass is 10.3. The standard InChI is InChI=1S/C13H25N5O2S/c1-3-4-9-18-12(14)11(21(2,19)20)13(16-18)17-8-5-6-15-7-10-17/h15H,3-10,14H2,1-2H3. The molecule has 0 unspecified atom stereocenters. The van der Waals surface area contributed by atoms with Gasteiger partial charge in [-0.25, -0.2) is 13.1 Å². The maximum atomic E-state index is 12.1. The predicted octanol–water partition coefficient (Wildman–Crippen LogP) is 0.469. The van der Waals surface area contributed by atoms with Crippen LogP contribution in [-0.4, -0.2) is 50.6 Å². The highest BCUT2D eigenvalue weighted by Gasteiger charge is 2.27. The monoisotopic (exact) mass is 315 g/mol. The van der Waals surface area contributed by atoms with Gasteiger partial charge in [0.2, 0.25) is 0 Å². The van der Waals surface area contributed by atoms with Crippen LogP contribution in [0.5, 0.6) is 0 Å². The molecule has 1 aliphatic rings. The third kappa shape index (κ3) is 3.68. The van der Waals surface area contributed by atoms with Gasteiger partial charge < -0.3 is 16.0 Å². The predicted molar refractivity (Wildman–Crippen MR) is 84.4 cm³/mol. The number of sulfone groups is 1. The highest BCUT2D eigenvalue weighted by molar-refractivity contribution is 7.91. The Morgan fingerprint density at radius 1 is 1.33 bits per heavy atom. The molecular formula is C13H25N5O2S. The van der Waals surface area contributed by atoms with Crippen molar-refractivity contribution in [1.29, 1.82) is 0 Å². The summed E-state index contributed by atoms with van der Waals surface area (Å²) in [5.74, 6) is 0.771. The number of rotatable bonds is 5. The topological polar surface area (TPSA) is 93.2 Å². The van der Waals surface area contributed by atoms with Crippen LogP contribution in [0.25, 0.3) is 0 Å². The summed E-state index contributed by atoms with van der Waals surface area (Å²) in [5, 5.41) is 7.79. The van der Waals surface area contributed by atoms with E-state index in [-0.39, 0.29) is 10.7 Å². The second kappa shape index (κ2) is 6.65. The van der Waals surface area contributed by atoms with E-state index in [1.807, 2.05) is 4.90 Å². The van der Waals surface area contributed by atoms with Gasteiger partial charge in [-0.3, -0.25) is 0 Å². The molecule has 21 heavy (non-hydrogen) atoms. The van der Waals surface area contributed by atoms with Gasteiger partial charge in [0.1, 0.15) is 5.82 Å². The normalized spacial score (nSPS) is 17.0. The Kier molecular flexibility index (Phi) is 5.10. The van der Waals surface area contributed by atoms with E-state index in [1.54, 1.807) is 4.68 Å². The van der Waals surface area contributed by atoms with Crippen molar-refractivity contribution in [3.8, 4) is 0 Å². The fourth-order valence-electron chi connectivity index (χ4n) is 2.54.